The van der Waals surface area contributed by atoms with Gasteiger partial charge in [0.15, 0.2) is 38.7 Å². The molecular formula is C42H45ClF6N2O8S2. The Morgan fingerprint density at radius 3 is 1.54 bits per heavy atom. The molecule has 0 spiro atoms. The van der Waals surface area contributed by atoms with Crippen molar-refractivity contribution in [2.45, 2.75) is 75.9 Å². The summed E-state index contributed by atoms with van der Waals surface area (Å²) in [6, 6.07) is 20.4. The van der Waals surface area contributed by atoms with Gasteiger partial charge in [0, 0.05) is 0 Å². The zero-order valence-corrected chi connectivity index (χ0v) is 36.3. The number of aromatic nitrogens is 2. The van der Waals surface area contributed by atoms with E-state index in [4.69, 9.17) is 35.3 Å². The van der Waals surface area contributed by atoms with Crippen LogP contribution in [0.25, 0.3) is 20.4 Å². The normalized spacial score (nSPS) is 13.6. The fourth-order valence-electron chi connectivity index (χ4n) is 5.72. The third-order valence-corrected chi connectivity index (χ3v) is 11.7. The van der Waals surface area contributed by atoms with Crippen LogP contribution in [0.15, 0.2) is 72.8 Å². The van der Waals surface area contributed by atoms with Crippen LogP contribution in [0.5, 0.6) is 39.7 Å². The van der Waals surface area contributed by atoms with Gasteiger partial charge in [-0.15, -0.1) is 11.3 Å². The SMILES string of the molecule is CCC(O)(CCc1ccc(O)c(OC)c1)C(F)(F)F.CCC(O)(CCc1ccc(Oc2nc3ccc(OC)cc3s2)c(OC)c1)C(F)(F)F.COc1ccc2nc(Cl)sc2c1. The number of phenolic OH excluding ortho intramolecular Hbond substituents is 1. The van der Waals surface area contributed by atoms with E-state index in [1.54, 1.807) is 38.5 Å². The van der Waals surface area contributed by atoms with E-state index < -0.39 is 49.2 Å². The quantitative estimate of drug-likeness (QED) is 0.0907. The van der Waals surface area contributed by atoms with Crippen LogP contribution in [0, 0.1) is 0 Å². The summed E-state index contributed by atoms with van der Waals surface area (Å²) in [5.74, 6) is 2.44. The summed E-state index contributed by atoms with van der Waals surface area (Å²) < 4.78 is 106. The van der Waals surface area contributed by atoms with E-state index in [2.05, 4.69) is 9.97 Å². The lowest BCUT2D eigenvalue weighted by Crippen LogP contribution is -2.44. The van der Waals surface area contributed by atoms with Crippen LogP contribution in [0.2, 0.25) is 4.47 Å². The number of halogens is 7. The van der Waals surface area contributed by atoms with Crippen LogP contribution in [0.4, 0.5) is 26.3 Å². The molecule has 0 bridgehead atoms. The molecule has 0 aliphatic heterocycles. The number of hydrogen-bond acceptors (Lipinski definition) is 12. The second-order valence-electron chi connectivity index (χ2n) is 13.5. The third-order valence-electron chi connectivity index (χ3n) is 9.69. The summed E-state index contributed by atoms with van der Waals surface area (Å²) in [4.78, 5) is 8.53. The molecule has 6 aromatic rings. The van der Waals surface area contributed by atoms with E-state index in [-0.39, 0.29) is 24.3 Å². The van der Waals surface area contributed by atoms with Crippen molar-refractivity contribution in [1.82, 2.24) is 9.97 Å². The van der Waals surface area contributed by atoms with Crippen molar-refractivity contribution in [2.24, 2.45) is 0 Å². The number of ether oxygens (including phenoxy) is 5. The summed E-state index contributed by atoms with van der Waals surface area (Å²) in [5, 5.41) is 29.3. The van der Waals surface area contributed by atoms with Gasteiger partial charge < -0.3 is 39.0 Å². The number of aromatic hydroxyl groups is 1. The minimum atomic E-state index is -4.68. The maximum absolute atomic E-state index is 13.1. The van der Waals surface area contributed by atoms with Crippen molar-refractivity contribution in [3.05, 3.63) is 88.4 Å². The molecule has 2 aromatic heterocycles. The van der Waals surface area contributed by atoms with Gasteiger partial charge in [-0.05, 0) is 110 Å². The Hall–Kier alpha value is -4.75. The maximum atomic E-state index is 13.1. The van der Waals surface area contributed by atoms with Crippen LogP contribution in [-0.4, -0.2) is 77.3 Å². The molecule has 0 radical (unpaired) electrons. The lowest BCUT2D eigenvalue weighted by Gasteiger charge is -2.29. The second kappa shape index (κ2) is 20.9. The topological polar surface area (TPSA) is 133 Å². The van der Waals surface area contributed by atoms with Crippen LogP contribution in [0.1, 0.15) is 50.7 Å². The molecule has 3 N–H and O–H groups in total. The van der Waals surface area contributed by atoms with E-state index in [1.165, 1.54) is 68.9 Å². The Morgan fingerprint density at radius 1 is 0.590 bits per heavy atom. The lowest BCUT2D eigenvalue weighted by atomic mass is 9.91. The molecule has 2 heterocycles. The van der Waals surface area contributed by atoms with Crippen molar-refractivity contribution < 1.29 is 65.3 Å². The van der Waals surface area contributed by atoms with Gasteiger partial charge in [0.05, 0.1) is 48.9 Å². The second-order valence-corrected chi connectivity index (χ2v) is 16.1. The average molecular weight is 919 g/mol. The number of hydrogen-bond donors (Lipinski definition) is 3. The Labute approximate surface area is 361 Å². The monoisotopic (exact) mass is 918 g/mol. The predicted molar refractivity (Wildman–Crippen MR) is 224 cm³/mol. The van der Waals surface area contributed by atoms with Crippen LogP contribution in [0.3, 0.4) is 0 Å². The highest BCUT2D eigenvalue weighted by Crippen LogP contribution is 2.40. The molecule has 10 nitrogen and oxygen atoms in total. The number of fused-ring (bicyclic) bond motifs is 2. The Balaban J connectivity index is 0.000000224. The zero-order valence-electron chi connectivity index (χ0n) is 33.9. The number of thiazole rings is 2. The first-order valence-electron chi connectivity index (χ1n) is 18.6. The minimum absolute atomic E-state index is 0.0422. The first kappa shape index (κ1) is 48.9. The zero-order chi connectivity index (χ0) is 45.2. The van der Waals surface area contributed by atoms with Gasteiger partial charge in [0.25, 0.3) is 5.19 Å². The number of nitrogens with zero attached hydrogens (tertiary/aromatic N) is 2. The molecule has 0 saturated carbocycles. The first-order chi connectivity index (χ1) is 28.7. The largest absolute Gasteiger partial charge is 0.504 e. The molecule has 4 aromatic carbocycles. The predicted octanol–water partition coefficient (Wildman–Crippen LogP) is 11.7. The van der Waals surface area contributed by atoms with Crippen molar-refractivity contribution in [2.75, 3.05) is 28.4 Å². The molecule has 2 unspecified atom stereocenters. The molecular weight excluding hydrogens is 874 g/mol. The summed E-state index contributed by atoms with van der Waals surface area (Å²) in [6.45, 7) is 2.61. The standard InChI is InChI=1S/C21H22F3NO4S.C13H17F3O3.C8H6ClNOS/c1-4-20(26,21(22,23)24)10-9-13-5-8-16(17(11-13)28-3)29-19-25-15-7-6-14(27-2)12-18(15)30-19;1-3-12(18,13(14,15)16)7-6-9-4-5-10(17)11(8-9)19-2;1-11-5-2-3-6-7(4-5)12-8(9)10-6/h5-8,11-12,26H,4,9-10H2,1-3H3;4-5,8,17-18H,3,6-7H2,1-2H3;2-4H,1H3. The first-order valence-corrected chi connectivity index (χ1v) is 20.6. The fourth-order valence-corrected chi connectivity index (χ4v) is 7.64. The molecule has 61 heavy (non-hydrogen) atoms. The third kappa shape index (κ3) is 12.7. The summed E-state index contributed by atoms with van der Waals surface area (Å²) in [6.07, 6.45) is -10.9. The van der Waals surface area contributed by atoms with Crippen LogP contribution < -0.4 is 23.7 Å². The van der Waals surface area contributed by atoms with Gasteiger partial charge in [0.2, 0.25) is 0 Å². The summed E-state index contributed by atoms with van der Waals surface area (Å²) in [5.41, 5.74) is -2.55. The maximum Gasteiger partial charge on any atom is 0.417 e. The van der Waals surface area contributed by atoms with Gasteiger partial charge in [-0.2, -0.15) is 26.3 Å². The van der Waals surface area contributed by atoms with Crippen molar-refractivity contribution in [3.63, 3.8) is 0 Å². The number of alkyl halides is 6. The van der Waals surface area contributed by atoms with Gasteiger partial charge in [-0.25, -0.2) is 9.97 Å². The van der Waals surface area contributed by atoms with Gasteiger partial charge >= 0.3 is 12.4 Å². The van der Waals surface area contributed by atoms with Crippen LogP contribution in [-0.2, 0) is 12.8 Å². The highest BCUT2D eigenvalue weighted by atomic mass is 35.5. The molecule has 0 aliphatic rings. The minimum Gasteiger partial charge on any atom is -0.504 e. The molecule has 0 saturated heterocycles. The summed E-state index contributed by atoms with van der Waals surface area (Å²) >= 11 is 8.54. The number of aryl methyl sites for hydroxylation is 2. The number of phenols is 1. The Bertz CT molecular complexity index is 2360. The highest BCUT2D eigenvalue weighted by molar-refractivity contribution is 7.22. The Kier molecular flexibility index (Phi) is 16.7. The van der Waals surface area contributed by atoms with Crippen LogP contribution >= 0.6 is 34.3 Å². The van der Waals surface area contributed by atoms with E-state index >= 15 is 0 Å². The number of aliphatic hydroxyl groups is 2. The van der Waals surface area contributed by atoms with Crippen molar-refractivity contribution in [3.8, 4) is 39.7 Å². The molecule has 2 atom stereocenters. The molecule has 0 aliphatic carbocycles. The van der Waals surface area contributed by atoms with Gasteiger partial charge in [0.1, 0.15) is 11.5 Å². The van der Waals surface area contributed by atoms with Gasteiger partial charge in [-0.3, -0.25) is 0 Å². The van der Waals surface area contributed by atoms with Gasteiger partial charge in [-0.1, -0.05) is 48.9 Å². The number of benzene rings is 4. The lowest BCUT2D eigenvalue weighted by molar-refractivity contribution is -0.263. The van der Waals surface area contributed by atoms with E-state index in [1.807, 2.05) is 30.3 Å². The fraction of sp³-hybridized carbons (Fsp3) is 0.381. The number of rotatable bonds is 14. The van der Waals surface area contributed by atoms with E-state index in [0.717, 1.165) is 26.2 Å². The Morgan fingerprint density at radius 2 is 1.07 bits per heavy atom. The average Bonchev–Trinajstić information content (AvgIpc) is 3.82. The van der Waals surface area contributed by atoms with Crippen molar-refractivity contribution >= 4 is 54.7 Å². The van der Waals surface area contributed by atoms with E-state index in [0.29, 0.717) is 38.0 Å². The molecule has 6 rings (SSSR count). The highest BCUT2D eigenvalue weighted by Gasteiger charge is 2.52. The number of methoxy groups -OCH3 is 4. The molecule has 0 fully saturated rings. The van der Waals surface area contributed by atoms with Crippen molar-refractivity contribution in [1.29, 1.82) is 0 Å². The summed E-state index contributed by atoms with van der Waals surface area (Å²) in [7, 11) is 6.04. The molecule has 0 amide bonds. The smallest absolute Gasteiger partial charge is 0.417 e. The molecule has 332 valence electrons. The van der Waals surface area contributed by atoms with E-state index in [9.17, 15) is 41.7 Å². The molecule has 19 heteroatoms.